The van der Waals surface area contributed by atoms with Crippen molar-refractivity contribution in [1.29, 1.82) is 0 Å². The maximum absolute atomic E-state index is 12.4. The van der Waals surface area contributed by atoms with Crippen molar-refractivity contribution in [2.45, 2.75) is 13.5 Å². The number of aromatic nitrogens is 3. The van der Waals surface area contributed by atoms with Gasteiger partial charge in [0, 0.05) is 24.4 Å². The number of carbonyl (C=O) groups excluding carboxylic acids is 1. The smallest absolute Gasteiger partial charge is 0.320 e. The lowest BCUT2D eigenvalue weighted by Crippen LogP contribution is -2.28. The number of nitrogens with zero attached hydrogens (tertiary/aromatic N) is 3. The second-order valence-corrected chi connectivity index (χ2v) is 7.08. The summed E-state index contributed by atoms with van der Waals surface area (Å²) in [5, 5.41) is 10.1. The molecule has 170 valence electrons. The van der Waals surface area contributed by atoms with Crippen molar-refractivity contribution in [3.05, 3.63) is 66.4 Å². The number of anilines is 1. The molecule has 2 aromatic carbocycles. The van der Waals surface area contributed by atoms with Gasteiger partial charge in [-0.25, -0.2) is 14.3 Å². The first kappa shape index (κ1) is 21.9. The fourth-order valence-electron chi connectivity index (χ4n) is 3.38. The fourth-order valence-corrected chi connectivity index (χ4v) is 3.38. The topological polar surface area (TPSA) is 99.0 Å². The molecule has 0 saturated heterocycles. The van der Waals surface area contributed by atoms with E-state index in [-0.39, 0.29) is 6.03 Å². The number of ether oxygens (including phenoxy) is 3. The summed E-state index contributed by atoms with van der Waals surface area (Å²) in [4.78, 5) is 16.7. The van der Waals surface area contributed by atoms with Crippen LogP contribution < -0.4 is 24.8 Å². The first-order valence-corrected chi connectivity index (χ1v) is 10.4. The molecule has 4 aromatic rings. The summed E-state index contributed by atoms with van der Waals surface area (Å²) in [6.45, 7) is 2.92. The Labute approximate surface area is 191 Å². The largest absolute Gasteiger partial charge is 0.494 e. The molecule has 33 heavy (non-hydrogen) atoms. The molecule has 2 heterocycles. The van der Waals surface area contributed by atoms with E-state index in [9.17, 15) is 4.79 Å². The van der Waals surface area contributed by atoms with Crippen LogP contribution in [0.2, 0.25) is 0 Å². The van der Waals surface area contributed by atoms with Gasteiger partial charge in [-0.05, 0) is 48.9 Å². The van der Waals surface area contributed by atoms with Gasteiger partial charge in [0.15, 0.2) is 23.0 Å². The van der Waals surface area contributed by atoms with E-state index < -0.39 is 0 Å². The molecular formula is C24H25N5O4. The predicted molar refractivity (Wildman–Crippen MR) is 125 cm³/mol. The van der Waals surface area contributed by atoms with Gasteiger partial charge in [-0.1, -0.05) is 12.1 Å². The van der Waals surface area contributed by atoms with E-state index in [1.165, 1.54) is 0 Å². The quantitative estimate of drug-likeness (QED) is 0.421. The molecule has 0 aliphatic carbocycles. The molecule has 0 fully saturated rings. The van der Waals surface area contributed by atoms with E-state index in [0.717, 1.165) is 22.6 Å². The predicted octanol–water partition coefficient (Wildman–Crippen LogP) is 4.13. The Bertz CT molecular complexity index is 1250. The standard InChI is InChI=1S/C24H25N5O4/c1-4-33-18-8-5-16(6-9-18)15-26-24(30)27-22-14-23-25-12-11-19(29(23)28-22)17-7-10-20(31-2)21(13-17)32-3/h5-14H,4,15H2,1-3H3,(H2,26,27,28,30). The molecule has 4 rings (SSSR count). The number of hydrogen-bond acceptors (Lipinski definition) is 6. The Hall–Kier alpha value is -4.27. The molecule has 2 N–H and O–H groups in total. The molecular weight excluding hydrogens is 422 g/mol. The van der Waals surface area contributed by atoms with Crippen LogP contribution in [-0.2, 0) is 6.54 Å². The third kappa shape index (κ3) is 4.98. The molecule has 0 radical (unpaired) electrons. The third-order valence-electron chi connectivity index (χ3n) is 4.97. The molecule has 9 nitrogen and oxygen atoms in total. The minimum atomic E-state index is -0.361. The summed E-state index contributed by atoms with van der Waals surface area (Å²) in [5.74, 6) is 2.44. The SMILES string of the molecule is CCOc1ccc(CNC(=O)Nc2cc3nccc(-c4ccc(OC)c(OC)c4)n3n2)cc1. The minimum absolute atomic E-state index is 0.361. The second-order valence-electron chi connectivity index (χ2n) is 7.08. The highest BCUT2D eigenvalue weighted by atomic mass is 16.5. The number of methoxy groups -OCH3 is 2. The van der Waals surface area contributed by atoms with E-state index >= 15 is 0 Å². The molecule has 0 bridgehead atoms. The van der Waals surface area contributed by atoms with Crippen LogP contribution in [0.3, 0.4) is 0 Å². The second kappa shape index (κ2) is 9.90. The van der Waals surface area contributed by atoms with E-state index in [1.807, 2.05) is 55.5 Å². The van der Waals surface area contributed by atoms with Crippen LogP contribution in [-0.4, -0.2) is 41.5 Å². The van der Waals surface area contributed by atoms with Crippen LogP contribution in [0.15, 0.2) is 60.8 Å². The van der Waals surface area contributed by atoms with Crippen molar-refractivity contribution in [3.8, 4) is 28.5 Å². The van der Waals surface area contributed by atoms with E-state index in [1.54, 1.807) is 31.0 Å². The Morgan fingerprint density at radius 3 is 2.52 bits per heavy atom. The van der Waals surface area contributed by atoms with Crippen molar-refractivity contribution < 1.29 is 19.0 Å². The molecule has 0 saturated carbocycles. The highest BCUT2D eigenvalue weighted by Gasteiger charge is 2.13. The first-order chi connectivity index (χ1) is 16.1. The number of benzene rings is 2. The van der Waals surface area contributed by atoms with Gasteiger partial charge in [0.25, 0.3) is 0 Å². The Morgan fingerprint density at radius 2 is 1.79 bits per heavy atom. The minimum Gasteiger partial charge on any atom is -0.494 e. The first-order valence-electron chi connectivity index (χ1n) is 10.4. The van der Waals surface area contributed by atoms with Crippen molar-refractivity contribution in [1.82, 2.24) is 19.9 Å². The molecule has 2 amide bonds. The van der Waals surface area contributed by atoms with Crippen molar-refractivity contribution in [2.75, 3.05) is 26.1 Å². The maximum atomic E-state index is 12.4. The Morgan fingerprint density at radius 1 is 1.00 bits per heavy atom. The van der Waals surface area contributed by atoms with Crippen LogP contribution in [0, 0.1) is 0 Å². The van der Waals surface area contributed by atoms with Crippen molar-refractivity contribution in [2.24, 2.45) is 0 Å². The number of nitrogens with one attached hydrogen (secondary N) is 2. The third-order valence-corrected chi connectivity index (χ3v) is 4.97. The molecule has 0 atom stereocenters. The van der Waals surface area contributed by atoms with E-state index in [0.29, 0.717) is 36.1 Å². The van der Waals surface area contributed by atoms with E-state index in [4.69, 9.17) is 14.2 Å². The molecule has 0 spiro atoms. The van der Waals surface area contributed by atoms with Gasteiger partial charge in [0.1, 0.15) is 5.75 Å². The summed E-state index contributed by atoms with van der Waals surface area (Å²) in [6.07, 6.45) is 1.69. The highest BCUT2D eigenvalue weighted by Crippen LogP contribution is 2.32. The monoisotopic (exact) mass is 447 g/mol. The lowest BCUT2D eigenvalue weighted by atomic mass is 10.1. The van der Waals surface area contributed by atoms with Gasteiger partial charge in [-0.2, -0.15) is 0 Å². The molecule has 0 aliphatic heterocycles. The zero-order valence-electron chi connectivity index (χ0n) is 18.7. The fraction of sp³-hybridized carbons (Fsp3) is 0.208. The van der Waals surface area contributed by atoms with Crippen LogP contribution in [0.1, 0.15) is 12.5 Å². The van der Waals surface area contributed by atoms with Crippen LogP contribution in [0.25, 0.3) is 16.9 Å². The van der Waals surface area contributed by atoms with Gasteiger partial charge in [-0.15, -0.1) is 5.10 Å². The molecule has 9 heteroatoms. The summed E-state index contributed by atoms with van der Waals surface area (Å²) >= 11 is 0. The number of urea groups is 1. The lowest BCUT2D eigenvalue weighted by molar-refractivity contribution is 0.251. The summed E-state index contributed by atoms with van der Waals surface area (Å²) in [7, 11) is 3.18. The highest BCUT2D eigenvalue weighted by molar-refractivity contribution is 5.88. The zero-order valence-corrected chi connectivity index (χ0v) is 18.7. The van der Waals surface area contributed by atoms with Gasteiger partial charge < -0.3 is 19.5 Å². The zero-order chi connectivity index (χ0) is 23.2. The van der Waals surface area contributed by atoms with Gasteiger partial charge >= 0.3 is 6.03 Å². The number of hydrogen-bond donors (Lipinski definition) is 2. The number of fused-ring (bicyclic) bond motifs is 1. The van der Waals surface area contributed by atoms with Gasteiger partial charge in [0.2, 0.25) is 0 Å². The van der Waals surface area contributed by atoms with Crippen LogP contribution in [0.4, 0.5) is 10.6 Å². The lowest BCUT2D eigenvalue weighted by Gasteiger charge is -2.10. The number of amides is 2. The van der Waals surface area contributed by atoms with Gasteiger partial charge in [-0.3, -0.25) is 5.32 Å². The molecule has 0 unspecified atom stereocenters. The molecule has 2 aromatic heterocycles. The maximum Gasteiger partial charge on any atom is 0.320 e. The Kier molecular flexibility index (Phi) is 6.58. The summed E-state index contributed by atoms with van der Waals surface area (Å²) in [6, 6.07) is 16.4. The van der Waals surface area contributed by atoms with E-state index in [2.05, 4.69) is 20.7 Å². The Balaban J connectivity index is 1.48. The average molecular weight is 447 g/mol. The van der Waals surface area contributed by atoms with Crippen LogP contribution in [0.5, 0.6) is 17.2 Å². The summed E-state index contributed by atoms with van der Waals surface area (Å²) in [5.41, 5.74) is 3.23. The summed E-state index contributed by atoms with van der Waals surface area (Å²) < 4.78 is 17.8. The normalized spacial score (nSPS) is 10.6. The average Bonchev–Trinajstić information content (AvgIpc) is 3.25. The number of rotatable bonds is 8. The van der Waals surface area contributed by atoms with Crippen LogP contribution >= 0.6 is 0 Å². The number of carbonyl (C=O) groups is 1. The van der Waals surface area contributed by atoms with Crippen molar-refractivity contribution in [3.63, 3.8) is 0 Å². The van der Waals surface area contributed by atoms with Gasteiger partial charge in [0.05, 0.1) is 26.5 Å². The van der Waals surface area contributed by atoms with Crippen molar-refractivity contribution >= 4 is 17.5 Å². The molecule has 0 aliphatic rings.